The van der Waals surface area contributed by atoms with Crippen LogP contribution in [0.4, 0.5) is 0 Å². The second kappa shape index (κ2) is 5.60. The summed E-state index contributed by atoms with van der Waals surface area (Å²) in [5.41, 5.74) is 3.19. The van der Waals surface area contributed by atoms with E-state index in [-0.39, 0.29) is 30.1 Å². The number of aromatic amines is 1. The molecule has 2 N–H and O–H groups in total. The second-order valence-corrected chi connectivity index (χ2v) is 7.36. The fourth-order valence-electron chi connectivity index (χ4n) is 4.69. The summed E-state index contributed by atoms with van der Waals surface area (Å²) in [5.74, 6) is -0.182. The molecule has 0 saturated carbocycles. The zero-order valence-corrected chi connectivity index (χ0v) is 14.2. The molecule has 1 saturated heterocycles. The first-order valence-electron chi connectivity index (χ1n) is 8.63. The number of hydrogen-bond donors (Lipinski definition) is 2. The summed E-state index contributed by atoms with van der Waals surface area (Å²) in [6, 6.07) is 7.96. The number of aromatic nitrogens is 1. The molecule has 3 atom stereocenters. The van der Waals surface area contributed by atoms with Crippen molar-refractivity contribution < 1.29 is 14.6 Å². The number of rotatable bonds is 2. The van der Waals surface area contributed by atoms with Gasteiger partial charge in [0.05, 0.1) is 19.8 Å². The van der Waals surface area contributed by atoms with Crippen molar-refractivity contribution in [2.24, 2.45) is 5.41 Å². The number of carbonyl (C=O) groups is 1. The summed E-state index contributed by atoms with van der Waals surface area (Å²) >= 11 is 0. The fraction of sp³-hybridized carbons (Fsp3) is 0.526. The van der Waals surface area contributed by atoms with Crippen LogP contribution >= 0.6 is 0 Å². The summed E-state index contributed by atoms with van der Waals surface area (Å²) in [6.45, 7) is 3.09. The molecule has 0 aliphatic carbocycles. The first-order chi connectivity index (χ1) is 11.6. The lowest BCUT2D eigenvalue weighted by Gasteiger charge is -2.52. The van der Waals surface area contributed by atoms with E-state index in [4.69, 9.17) is 4.74 Å². The third-order valence-corrected chi connectivity index (χ3v) is 5.91. The van der Waals surface area contributed by atoms with Crippen LogP contribution in [0.3, 0.4) is 0 Å². The van der Waals surface area contributed by atoms with Gasteiger partial charge in [0.15, 0.2) is 0 Å². The molecule has 1 aromatic heterocycles. The highest BCUT2D eigenvalue weighted by atomic mass is 16.5. The van der Waals surface area contributed by atoms with Gasteiger partial charge in [-0.15, -0.1) is 0 Å². The third kappa shape index (κ3) is 2.11. The van der Waals surface area contributed by atoms with Crippen molar-refractivity contribution in [2.75, 3.05) is 20.3 Å². The minimum Gasteiger partial charge on any atom is -0.468 e. The molecule has 4 rings (SSSR count). The van der Waals surface area contributed by atoms with Gasteiger partial charge in [0.25, 0.3) is 0 Å². The molecule has 1 fully saturated rings. The van der Waals surface area contributed by atoms with Crippen LogP contribution < -0.4 is 0 Å². The number of fused-ring (bicyclic) bond motifs is 5. The highest BCUT2D eigenvalue weighted by Crippen LogP contribution is 2.50. The lowest BCUT2D eigenvalue weighted by molar-refractivity contribution is -0.153. The summed E-state index contributed by atoms with van der Waals surface area (Å²) < 4.78 is 5.09. The van der Waals surface area contributed by atoms with Gasteiger partial charge in [0, 0.05) is 28.4 Å². The smallest absolute Gasteiger partial charge is 0.323 e. The first-order valence-corrected chi connectivity index (χ1v) is 8.63. The maximum absolute atomic E-state index is 12.5. The van der Waals surface area contributed by atoms with Crippen LogP contribution in [0.15, 0.2) is 24.3 Å². The number of nitrogens with one attached hydrogen (secondary N) is 1. The van der Waals surface area contributed by atoms with Gasteiger partial charge in [-0.2, -0.15) is 0 Å². The molecule has 5 heteroatoms. The largest absolute Gasteiger partial charge is 0.468 e. The Balaban J connectivity index is 1.93. The van der Waals surface area contributed by atoms with E-state index < -0.39 is 0 Å². The van der Waals surface area contributed by atoms with E-state index in [1.165, 1.54) is 18.1 Å². The van der Waals surface area contributed by atoms with Crippen LogP contribution in [0.1, 0.15) is 37.1 Å². The fourth-order valence-corrected chi connectivity index (χ4v) is 4.69. The zero-order chi connectivity index (χ0) is 16.9. The molecule has 0 bridgehead atoms. The highest BCUT2D eigenvalue weighted by molar-refractivity contribution is 5.87. The number of methoxy groups -OCH3 is 1. The molecule has 2 aromatic rings. The van der Waals surface area contributed by atoms with Crippen LogP contribution in [-0.2, 0) is 16.0 Å². The number of benzene rings is 1. The van der Waals surface area contributed by atoms with Crippen molar-refractivity contribution in [2.45, 2.75) is 38.3 Å². The number of carbonyl (C=O) groups excluding carboxylic acids is 1. The molecule has 1 aromatic carbocycles. The van der Waals surface area contributed by atoms with Gasteiger partial charge in [-0.05, 0) is 31.0 Å². The van der Waals surface area contributed by atoms with E-state index in [9.17, 15) is 9.90 Å². The summed E-state index contributed by atoms with van der Waals surface area (Å²) in [4.78, 5) is 18.3. The number of hydrogen-bond acceptors (Lipinski definition) is 4. The van der Waals surface area contributed by atoms with E-state index >= 15 is 0 Å². The Morgan fingerprint density at radius 1 is 1.46 bits per heavy atom. The molecule has 24 heavy (non-hydrogen) atoms. The van der Waals surface area contributed by atoms with Gasteiger partial charge in [-0.3, -0.25) is 9.69 Å². The topological polar surface area (TPSA) is 65.6 Å². The van der Waals surface area contributed by atoms with E-state index in [1.807, 2.05) is 12.1 Å². The molecule has 128 valence electrons. The Morgan fingerprint density at radius 3 is 3.00 bits per heavy atom. The quantitative estimate of drug-likeness (QED) is 0.831. The van der Waals surface area contributed by atoms with Crippen LogP contribution in [0.2, 0.25) is 0 Å². The summed E-state index contributed by atoms with van der Waals surface area (Å²) in [6.07, 6.45) is 2.59. The minimum absolute atomic E-state index is 0.0106. The number of aliphatic hydroxyl groups is 1. The molecule has 0 spiro atoms. The van der Waals surface area contributed by atoms with Gasteiger partial charge in [-0.1, -0.05) is 25.1 Å². The standard InChI is InChI=1S/C19H24N2O3/c1-19(11-22)8-5-9-21-15(18(23)24-2)10-13-12-6-3-4-7-14(12)20-16(13)17(19)21/h3-4,6-7,15,17,20,22H,5,8-11H2,1-2H3. The SMILES string of the molecule is COC(=O)C1Cc2c([nH]c3ccccc23)C2N1CCCC2(C)CO. The lowest BCUT2D eigenvalue weighted by atomic mass is 9.70. The first kappa shape index (κ1) is 15.7. The van der Waals surface area contributed by atoms with Crippen molar-refractivity contribution >= 4 is 16.9 Å². The Morgan fingerprint density at radius 2 is 2.25 bits per heavy atom. The molecular weight excluding hydrogens is 304 g/mol. The molecule has 0 amide bonds. The molecule has 0 radical (unpaired) electrons. The second-order valence-electron chi connectivity index (χ2n) is 7.36. The number of H-pyrrole nitrogens is 1. The monoisotopic (exact) mass is 328 g/mol. The molecule has 3 unspecified atom stereocenters. The maximum atomic E-state index is 12.5. The number of esters is 1. The maximum Gasteiger partial charge on any atom is 0.323 e. The predicted molar refractivity (Wildman–Crippen MR) is 91.7 cm³/mol. The Bertz CT molecular complexity index is 784. The number of ether oxygens (including phenoxy) is 1. The lowest BCUT2D eigenvalue weighted by Crippen LogP contribution is -2.56. The van der Waals surface area contributed by atoms with E-state index in [0.717, 1.165) is 30.6 Å². The molecule has 3 heterocycles. The Hall–Kier alpha value is -1.85. The summed E-state index contributed by atoms with van der Waals surface area (Å²) in [7, 11) is 1.46. The molecule has 2 aliphatic rings. The molecule has 5 nitrogen and oxygen atoms in total. The number of piperidine rings is 1. The Labute approximate surface area is 141 Å². The highest BCUT2D eigenvalue weighted by Gasteiger charge is 2.50. The average Bonchev–Trinajstić information content (AvgIpc) is 2.98. The van der Waals surface area contributed by atoms with E-state index in [1.54, 1.807) is 0 Å². The van der Waals surface area contributed by atoms with Gasteiger partial charge in [0.1, 0.15) is 6.04 Å². The Kier molecular flexibility index (Phi) is 3.66. The van der Waals surface area contributed by atoms with Gasteiger partial charge in [-0.25, -0.2) is 0 Å². The zero-order valence-electron chi connectivity index (χ0n) is 14.2. The third-order valence-electron chi connectivity index (χ3n) is 5.91. The van der Waals surface area contributed by atoms with Gasteiger partial charge < -0.3 is 14.8 Å². The molecule has 2 aliphatic heterocycles. The summed E-state index contributed by atoms with van der Waals surface area (Å²) in [5, 5.41) is 11.3. The normalized spacial score (nSPS) is 30.0. The van der Waals surface area contributed by atoms with Gasteiger partial charge >= 0.3 is 5.97 Å². The van der Waals surface area contributed by atoms with Crippen molar-refractivity contribution in [1.82, 2.24) is 9.88 Å². The van der Waals surface area contributed by atoms with Crippen molar-refractivity contribution in [1.29, 1.82) is 0 Å². The van der Waals surface area contributed by atoms with Crippen molar-refractivity contribution in [3.8, 4) is 0 Å². The van der Waals surface area contributed by atoms with E-state index in [2.05, 4.69) is 28.9 Å². The number of para-hydroxylation sites is 1. The number of aliphatic hydroxyl groups excluding tert-OH is 1. The van der Waals surface area contributed by atoms with Crippen LogP contribution in [0.5, 0.6) is 0 Å². The predicted octanol–water partition coefficient (Wildman–Crippen LogP) is 2.40. The number of nitrogens with zero attached hydrogens (tertiary/aromatic N) is 1. The average molecular weight is 328 g/mol. The minimum atomic E-state index is -0.280. The van der Waals surface area contributed by atoms with Crippen LogP contribution in [-0.4, -0.2) is 47.3 Å². The molecular formula is C19H24N2O3. The van der Waals surface area contributed by atoms with Crippen molar-refractivity contribution in [3.63, 3.8) is 0 Å². The van der Waals surface area contributed by atoms with Crippen molar-refractivity contribution in [3.05, 3.63) is 35.5 Å². The van der Waals surface area contributed by atoms with E-state index in [0.29, 0.717) is 6.42 Å². The van der Waals surface area contributed by atoms with Crippen LogP contribution in [0, 0.1) is 5.41 Å². The van der Waals surface area contributed by atoms with Crippen LogP contribution in [0.25, 0.3) is 10.9 Å². The van der Waals surface area contributed by atoms with Gasteiger partial charge in [0.2, 0.25) is 0 Å².